The van der Waals surface area contributed by atoms with Crippen LogP contribution < -0.4 is 5.09 Å². The minimum absolute atomic E-state index is 0.0949. The predicted octanol–water partition coefficient (Wildman–Crippen LogP) is 0.664. The summed E-state index contributed by atoms with van der Waals surface area (Å²) in [5, 5.41) is 11.8. The lowest BCUT2D eigenvalue weighted by atomic mass is 10.0. The number of hydrogen-bond donors (Lipinski definition) is 2. The second kappa shape index (κ2) is 3.89. The Labute approximate surface area is 62.0 Å². The number of rotatable bonds is 1. The molecule has 0 amide bonds. The van der Waals surface area contributed by atoms with Crippen LogP contribution in [0.5, 0.6) is 0 Å². The van der Waals surface area contributed by atoms with Crippen LogP contribution >= 0.6 is 8.73 Å². The summed E-state index contributed by atoms with van der Waals surface area (Å²) in [7, 11) is 0.760. The second-order valence-electron chi connectivity index (χ2n) is 2.47. The summed E-state index contributed by atoms with van der Waals surface area (Å²) in [5.74, 6) is -0.726. The van der Waals surface area contributed by atoms with Crippen molar-refractivity contribution in [2.75, 3.05) is 12.7 Å². The Morgan fingerprint density at radius 1 is 1.60 bits per heavy atom. The van der Waals surface area contributed by atoms with Crippen LogP contribution in [0.15, 0.2) is 0 Å². The Hall–Kier alpha value is -0.140. The van der Waals surface area contributed by atoms with Crippen LogP contribution in [0.1, 0.15) is 12.8 Å². The molecule has 1 rings (SSSR count). The SMILES string of the molecule is O=C(O)C1CCNPCC1. The van der Waals surface area contributed by atoms with Crippen LogP contribution in [-0.2, 0) is 4.79 Å². The molecule has 3 nitrogen and oxygen atoms in total. The van der Waals surface area contributed by atoms with Crippen molar-refractivity contribution >= 4 is 14.7 Å². The number of carboxylic acids is 1. The van der Waals surface area contributed by atoms with Crippen molar-refractivity contribution < 1.29 is 9.90 Å². The molecular weight excluding hydrogens is 149 g/mol. The van der Waals surface area contributed by atoms with E-state index < -0.39 is 5.97 Å². The van der Waals surface area contributed by atoms with E-state index in [1.165, 1.54) is 0 Å². The van der Waals surface area contributed by atoms with E-state index in [1.807, 2.05) is 0 Å². The van der Waals surface area contributed by atoms with Gasteiger partial charge in [0, 0.05) is 0 Å². The fourth-order valence-electron chi connectivity index (χ4n) is 1.06. The predicted molar refractivity (Wildman–Crippen MR) is 41.5 cm³/mol. The van der Waals surface area contributed by atoms with Crippen LogP contribution in [0.2, 0.25) is 0 Å². The zero-order valence-corrected chi connectivity index (χ0v) is 6.76. The highest BCUT2D eigenvalue weighted by molar-refractivity contribution is 7.35. The topological polar surface area (TPSA) is 49.3 Å². The molecule has 0 aromatic rings. The van der Waals surface area contributed by atoms with E-state index in [9.17, 15) is 4.79 Å². The van der Waals surface area contributed by atoms with Crippen molar-refractivity contribution in [1.29, 1.82) is 0 Å². The molecule has 2 atom stereocenters. The van der Waals surface area contributed by atoms with Gasteiger partial charge < -0.3 is 5.11 Å². The van der Waals surface area contributed by atoms with Crippen molar-refractivity contribution in [1.82, 2.24) is 5.09 Å². The highest BCUT2D eigenvalue weighted by Gasteiger charge is 2.17. The molecule has 10 heavy (non-hydrogen) atoms. The summed E-state index contributed by atoms with van der Waals surface area (Å²) >= 11 is 0. The first kappa shape index (κ1) is 7.96. The van der Waals surface area contributed by atoms with Gasteiger partial charge in [0.05, 0.1) is 5.92 Å². The minimum Gasteiger partial charge on any atom is -0.481 e. The first-order chi connectivity index (χ1) is 4.80. The van der Waals surface area contributed by atoms with E-state index in [0.717, 1.165) is 34.3 Å². The van der Waals surface area contributed by atoms with Gasteiger partial charge in [-0.1, -0.05) is 8.73 Å². The molecule has 0 bridgehead atoms. The lowest BCUT2D eigenvalue weighted by Crippen LogP contribution is -2.15. The summed E-state index contributed by atoms with van der Waals surface area (Å²) in [6.45, 7) is 0.870. The van der Waals surface area contributed by atoms with Crippen molar-refractivity contribution in [3.05, 3.63) is 0 Å². The van der Waals surface area contributed by atoms with Crippen LogP contribution in [0.25, 0.3) is 0 Å². The van der Waals surface area contributed by atoms with Crippen LogP contribution in [-0.4, -0.2) is 23.8 Å². The van der Waals surface area contributed by atoms with Gasteiger partial charge in [0.1, 0.15) is 0 Å². The fraction of sp³-hybridized carbons (Fsp3) is 0.833. The Kier molecular flexibility index (Phi) is 3.10. The average molecular weight is 161 g/mol. The lowest BCUT2D eigenvalue weighted by Gasteiger charge is -2.05. The van der Waals surface area contributed by atoms with Gasteiger partial charge in [0.25, 0.3) is 0 Å². The largest absolute Gasteiger partial charge is 0.481 e. The third-order valence-electron chi connectivity index (χ3n) is 1.71. The second-order valence-corrected chi connectivity index (χ2v) is 3.67. The minimum atomic E-state index is -0.631. The van der Waals surface area contributed by atoms with Crippen LogP contribution in [0.4, 0.5) is 0 Å². The molecule has 1 fully saturated rings. The number of aliphatic carboxylic acids is 1. The van der Waals surface area contributed by atoms with E-state index in [-0.39, 0.29) is 5.92 Å². The van der Waals surface area contributed by atoms with Crippen LogP contribution in [0, 0.1) is 5.92 Å². The first-order valence-corrected chi connectivity index (χ1v) is 4.70. The quantitative estimate of drug-likeness (QED) is 0.555. The maximum absolute atomic E-state index is 10.5. The summed E-state index contributed by atoms with van der Waals surface area (Å²) in [4.78, 5) is 10.5. The maximum atomic E-state index is 10.5. The van der Waals surface area contributed by atoms with Gasteiger partial charge in [0.2, 0.25) is 0 Å². The molecule has 1 heterocycles. The fourth-order valence-corrected chi connectivity index (χ4v) is 2.05. The molecule has 0 aromatic carbocycles. The molecule has 2 unspecified atom stereocenters. The molecule has 1 saturated heterocycles. The van der Waals surface area contributed by atoms with E-state index in [4.69, 9.17) is 5.11 Å². The van der Waals surface area contributed by atoms with Gasteiger partial charge in [-0.15, -0.1) is 0 Å². The van der Waals surface area contributed by atoms with Crippen molar-refractivity contribution in [2.45, 2.75) is 12.8 Å². The zero-order valence-electron chi connectivity index (χ0n) is 5.76. The summed E-state index contributed by atoms with van der Waals surface area (Å²) in [6, 6.07) is 0. The third-order valence-corrected chi connectivity index (χ3v) is 2.75. The summed E-state index contributed by atoms with van der Waals surface area (Å²) < 4.78 is 0. The normalized spacial score (nSPS) is 29.8. The molecular formula is C6H12NO2P. The van der Waals surface area contributed by atoms with Gasteiger partial charge in [-0.3, -0.25) is 9.88 Å². The molecule has 2 N–H and O–H groups in total. The lowest BCUT2D eigenvalue weighted by molar-refractivity contribution is -0.141. The molecule has 58 valence electrons. The van der Waals surface area contributed by atoms with Crippen molar-refractivity contribution in [2.24, 2.45) is 5.92 Å². The molecule has 1 aliphatic rings. The van der Waals surface area contributed by atoms with Gasteiger partial charge in [-0.05, 0) is 25.5 Å². The average Bonchev–Trinajstić information content (AvgIpc) is 2.12. The number of carboxylic acid groups (broad SMARTS) is 1. The van der Waals surface area contributed by atoms with Gasteiger partial charge >= 0.3 is 5.97 Å². The molecule has 0 radical (unpaired) electrons. The van der Waals surface area contributed by atoms with E-state index in [2.05, 4.69) is 5.09 Å². The molecule has 0 spiro atoms. The maximum Gasteiger partial charge on any atom is 0.306 e. The Balaban J connectivity index is 2.35. The highest BCUT2D eigenvalue weighted by atomic mass is 31.1. The smallest absolute Gasteiger partial charge is 0.306 e. The van der Waals surface area contributed by atoms with Gasteiger partial charge in [-0.2, -0.15) is 0 Å². The number of carbonyl (C=O) groups is 1. The Bertz CT molecular complexity index is 121. The monoisotopic (exact) mass is 161 g/mol. The molecule has 1 aliphatic heterocycles. The Morgan fingerprint density at radius 2 is 2.40 bits per heavy atom. The first-order valence-electron chi connectivity index (χ1n) is 3.49. The zero-order chi connectivity index (χ0) is 7.40. The molecule has 0 aromatic heterocycles. The summed E-state index contributed by atoms with van der Waals surface area (Å²) in [5.41, 5.74) is 0. The van der Waals surface area contributed by atoms with E-state index >= 15 is 0 Å². The third kappa shape index (κ3) is 2.24. The van der Waals surface area contributed by atoms with Crippen LogP contribution in [0.3, 0.4) is 0 Å². The van der Waals surface area contributed by atoms with Crippen molar-refractivity contribution in [3.63, 3.8) is 0 Å². The molecule has 0 saturated carbocycles. The Morgan fingerprint density at radius 3 is 3.10 bits per heavy atom. The highest BCUT2D eigenvalue weighted by Crippen LogP contribution is 2.19. The number of nitrogens with one attached hydrogen (secondary N) is 1. The standard InChI is InChI=1S/C6H12NO2P/c8-6(9)5-1-3-7-10-4-2-5/h5,7,10H,1-4H2,(H,8,9). The van der Waals surface area contributed by atoms with E-state index in [0.29, 0.717) is 0 Å². The van der Waals surface area contributed by atoms with Gasteiger partial charge in [0.15, 0.2) is 0 Å². The van der Waals surface area contributed by atoms with Crippen molar-refractivity contribution in [3.8, 4) is 0 Å². The van der Waals surface area contributed by atoms with Gasteiger partial charge in [-0.25, -0.2) is 0 Å². The number of hydrogen-bond acceptors (Lipinski definition) is 2. The summed E-state index contributed by atoms with van der Waals surface area (Å²) in [6.07, 6.45) is 2.67. The van der Waals surface area contributed by atoms with E-state index in [1.54, 1.807) is 0 Å². The molecule has 4 heteroatoms. The molecule has 0 aliphatic carbocycles.